The number of likely N-dealkylation sites (tertiary alicyclic amines) is 1. The third-order valence-corrected chi connectivity index (χ3v) is 6.09. The Kier molecular flexibility index (Phi) is 4.54. The lowest BCUT2D eigenvalue weighted by Crippen LogP contribution is -2.44. The van der Waals surface area contributed by atoms with Crippen LogP contribution in [-0.2, 0) is 16.0 Å². The number of hydrogen-bond acceptors (Lipinski definition) is 6. The molecule has 29 heavy (non-hydrogen) atoms. The molecule has 0 N–H and O–H groups in total. The van der Waals surface area contributed by atoms with Gasteiger partial charge in [-0.25, -0.2) is 9.97 Å². The van der Waals surface area contributed by atoms with Gasteiger partial charge < -0.3 is 14.5 Å². The lowest BCUT2D eigenvalue weighted by molar-refractivity contribution is -0.127. The molecule has 0 unspecified atom stereocenters. The lowest BCUT2D eigenvalue weighted by Gasteiger charge is -2.34. The van der Waals surface area contributed by atoms with Gasteiger partial charge in [-0.1, -0.05) is 12.2 Å². The van der Waals surface area contributed by atoms with Crippen LogP contribution in [0.5, 0.6) is 0 Å². The Morgan fingerprint density at radius 1 is 1.24 bits per heavy atom. The van der Waals surface area contributed by atoms with Gasteiger partial charge in [-0.2, -0.15) is 0 Å². The number of fused-ring (bicyclic) bond motifs is 1. The Balaban J connectivity index is 1.64. The number of nitrogens with zero attached hydrogens (tertiary/aromatic N) is 5. The highest BCUT2D eigenvalue weighted by atomic mass is 16.5. The molecule has 0 aromatic carbocycles. The highest BCUT2D eigenvalue weighted by Crippen LogP contribution is 2.33. The molecule has 2 aromatic rings. The van der Waals surface area contributed by atoms with Crippen molar-refractivity contribution in [3.63, 3.8) is 0 Å². The van der Waals surface area contributed by atoms with Crippen LogP contribution in [0, 0.1) is 0 Å². The molecule has 4 heterocycles. The topological polar surface area (TPSA) is 71.5 Å². The second kappa shape index (κ2) is 7.22. The molecule has 2 aromatic heterocycles. The minimum absolute atomic E-state index is 0.135. The van der Waals surface area contributed by atoms with Crippen LogP contribution < -0.4 is 4.90 Å². The second-order valence-electron chi connectivity index (χ2n) is 8.02. The van der Waals surface area contributed by atoms with Gasteiger partial charge in [0.2, 0.25) is 5.91 Å². The molecule has 0 saturated carbocycles. The number of likely N-dealkylation sites (N-methyl/N-ethyl adjacent to an activating group) is 1. The Morgan fingerprint density at radius 3 is 2.93 bits per heavy atom. The smallest absolute Gasteiger partial charge is 0.231 e. The fourth-order valence-electron chi connectivity index (χ4n) is 4.41. The van der Waals surface area contributed by atoms with E-state index in [4.69, 9.17) is 14.7 Å². The maximum absolute atomic E-state index is 12.7. The third kappa shape index (κ3) is 3.19. The van der Waals surface area contributed by atoms with Crippen LogP contribution in [0.25, 0.3) is 17.5 Å². The van der Waals surface area contributed by atoms with Gasteiger partial charge in [0.1, 0.15) is 5.82 Å². The maximum Gasteiger partial charge on any atom is 0.231 e. The number of rotatable bonds is 3. The molecule has 2 saturated heterocycles. The molecular weight excluding hydrogens is 366 g/mol. The van der Waals surface area contributed by atoms with Crippen LogP contribution in [0.15, 0.2) is 24.4 Å². The first-order valence-electron chi connectivity index (χ1n) is 10.2. The predicted octanol–water partition coefficient (Wildman–Crippen LogP) is 2.28. The Labute approximate surface area is 170 Å². The first-order chi connectivity index (χ1) is 14.1. The number of ether oxygens (including phenoxy) is 1. The molecule has 2 fully saturated rings. The molecule has 3 aliphatic rings. The van der Waals surface area contributed by atoms with Crippen LogP contribution in [0.1, 0.15) is 36.2 Å². The van der Waals surface area contributed by atoms with E-state index in [9.17, 15) is 4.79 Å². The number of allylic oxidation sites excluding steroid dienone is 1. The molecule has 150 valence electrons. The van der Waals surface area contributed by atoms with E-state index in [1.54, 1.807) is 4.90 Å². The zero-order chi connectivity index (χ0) is 20.0. The van der Waals surface area contributed by atoms with E-state index < -0.39 is 0 Å². The van der Waals surface area contributed by atoms with Crippen molar-refractivity contribution in [3.05, 3.63) is 41.4 Å². The van der Waals surface area contributed by atoms with Crippen LogP contribution in [0.2, 0.25) is 0 Å². The van der Waals surface area contributed by atoms with E-state index in [1.807, 2.05) is 25.4 Å². The molecule has 2 aliphatic heterocycles. The van der Waals surface area contributed by atoms with Crippen LogP contribution in [0.3, 0.4) is 0 Å². The van der Waals surface area contributed by atoms with Gasteiger partial charge in [-0.05, 0) is 19.4 Å². The average molecular weight is 391 g/mol. The van der Waals surface area contributed by atoms with Gasteiger partial charge in [0, 0.05) is 49.9 Å². The molecule has 5 rings (SSSR count). The quantitative estimate of drug-likeness (QED) is 0.799. The summed E-state index contributed by atoms with van der Waals surface area (Å²) in [6, 6.07) is 4.21. The first kappa shape index (κ1) is 18.2. The SMILES string of the molecule is C[C@@H]1COCCN1c1cc([C@@H]2CCN(C)C2=O)nc(-c2ccnc3c2C=CC3)n1. The van der Waals surface area contributed by atoms with Crippen molar-refractivity contribution >= 4 is 17.8 Å². The molecule has 0 radical (unpaired) electrons. The number of aromatic nitrogens is 3. The maximum atomic E-state index is 12.7. The summed E-state index contributed by atoms with van der Waals surface area (Å²) >= 11 is 0. The predicted molar refractivity (Wildman–Crippen MR) is 111 cm³/mol. The van der Waals surface area contributed by atoms with E-state index >= 15 is 0 Å². The van der Waals surface area contributed by atoms with Crippen molar-refractivity contribution in [2.45, 2.75) is 31.7 Å². The molecule has 0 spiro atoms. The average Bonchev–Trinajstić information content (AvgIpc) is 3.35. The second-order valence-corrected chi connectivity index (χ2v) is 8.02. The van der Waals surface area contributed by atoms with Crippen molar-refractivity contribution in [3.8, 4) is 11.4 Å². The first-order valence-corrected chi connectivity index (χ1v) is 10.2. The lowest BCUT2D eigenvalue weighted by atomic mass is 10.0. The summed E-state index contributed by atoms with van der Waals surface area (Å²) in [5, 5.41) is 0. The van der Waals surface area contributed by atoms with E-state index in [0.29, 0.717) is 19.0 Å². The van der Waals surface area contributed by atoms with Crippen LogP contribution >= 0.6 is 0 Å². The summed E-state index contributed by atoms with van der Waals surface area (Å²) in [5.41, 5.74) is 3.92. The van der Waals surface area contributed by atoms with Crippen molar-refractivity contribution in [1.29, 1.82) is 0 Å². The summed E-state index contributed by atoms with van der Waals surface area (Å²) in [6.45, 7) is 5.04. The van der Waals surface area contributed by atoms with E-state index in [1.165, 1.54) is 0 Å². The zero-order valence-corrected chi connectivity index (χ0v) is 16.8. The Hall–Kier alpha value is -2.80. The van der Waals surface area contributed by atoms with Gasteiger partial charge in [0.05, 0.1) is 36.6 Å². The van der Waals surface area contributed by atoms with Crippen molar-refractivity contribution < 1.29 is 9.53 Å². The number of carbonyl (C=O) groups excluding carboxylic acids is 1. The molecule has 0 bridgehead atoms. The molecule has 1 amide bonds. The standard InChI is InChI=1S/C22H25N5O2/c1-14-13-29-11-10-27(14)20-12-19(17-7-9-26(2)22(17)28)24-21(25-20)16-6-8-23-18-5-3-4-15(16)18/h3-4,6,8,12,14,17H,5,7,9-11,13H2,1-2H3/t14-,17+/m1/s1. The van der Waals surface area contributed by atoms with Gasteiger partial charge >= 0.3 is 0 Å². The molecule has 2 atom stereocenters. The fourth-order valence-corrected chi connectivity index (χ4v) is 4.41. The molecule has 1 aliphatic carbocycles. The summed E-state index contributed by atoms with van der Waals surface area (Å²) in [7, 11) is 1.86. The summed E-state index contributed by atoms with van der Waals surface area (Å²) < 4.78 is 5.61. The van der Waals surface area contributed by atoms with Gasteiger partial charge in [0.15, 0.2) is 5.82 Å². The largest absolute Gasteiger partial charge is 0.377 e. The fraction of sp³-hybridized carbons (Fsp3) is 0.455. The van der Waals surface area contributed by atoms with Crippen molar-refractivity contribution in [2.75, 3.05) is 38.3 Å². The van der Waals surface area contributed by atoms with Gasteiger partial charge in [-0.3, -0.25) is 9.78 Å². The van der Waals surface area contributed by atoms with E-state index in [0.717, 1.165) is 54.3 Å². The summed E-state index contributed by atoms with van der Waals surface area (Å²) in [4.78, 5) is 31.1. The van der Waals surface area contributed by atoms with Crippen molar-refractivity contribution in [1.82, 2.24) is 19.9 Å². The van der Waals surface area contributed by atoms with Crippen LogP contribution in [-0.4, -0.2) is 65.2 Å². The van der Waals surface area contributed by atoms with Gasteiger partial charge in [-0.15, -0.1) is 0 Å². The molecular formula is C22H25N5O2. The Bertz CT molecular complexity index is 989. The third-order valence-electron chi connectivity index (χ3n) is 6.09. The molecule has 7 nitrogen and oxygen atoms in total. The minimum Gasteiger partial charge on any atom is -0.377 e. The summed E-state index contributed by atoms with van der Waals surface area (Å²) in [5.74, 6) is 1.47. The molecule has 7 heteroatoms. The highest BCUT2D eigenvalue weighted by Gasteiger charge is 2.33. The minimum atomic E-state index is -0.206. The zero-order valence-electron chi connectivity index (χ0n) is 16.8. The number of hydrogen-bond donors (Lipinski definition) is 0. The number of anilines is 1. The number of carbonyl (C=O) groups is 1. The normalized spacial score (nSPS) is 23.7. The van der Waals surface area contributed by atoms with Gasteiger partial charge in [0.25, 0.3) is 0 Å². The van der Waals surface area contributed by atoms with E-state index in [2.05, 4.69) is 29.0 Å². The number of pyridine rings is 1. The highest BCUT2D eigenvalue weighted by molar-refractivity contribution is 5.85. The number of amides is 1. The monoisotopic (exact) mass is 391 g/mol. The van der Waals surface area contributed by atoms with Crippen molar-refractivity contribution in [2.24, 2.45) is 0 Å². The van der Waals surface area contributed by atoms with E-state index in [-0.39, 0.29) is 17.9 Å². The summed E-state index contributed by atoms with van der Waals surface area (Å²) in [6.07, 6.45) is 7.66. The number of morpholine rings is 1. The Morgan fingerprint density at radius 2 is 2.14 bits per heavy atom. The van der Waals surface area contributed by atoms with Crippen LogP contribution in [0.4, 0.5) is 5.82 Å².